The minimum Gasteiger partial charge on any atom is -0.307 e. The van der Waals surface area contributed by atoms with E-state index < -0.39 is 0 Å². The van der Waals surface area contributed by atoms with Gasteiger partial charge in [0.15, 0.2) is 6.20 Å². The molecule has 3 heterocycles. The summed E-state index contributed by atoms with van der Waals surface area (Å²) in [5, 5.41) is 6.60. The SMILES string of the molecule is Cc1ccc(-c2cc3cc[n+](C)c4c5c(C)ccc6c7ccccc7n(c(c2)c34)c65)cc1. The second-order valence-electron chi connectivity index (χ2n) is 9.11. The molecule has 0 bridgehead atoms. The number of hydrogen-bond acceptors (Lipinski definition) is 0. The topological polar surface area (TPSA) is 8.29 Å². The molecule has 152 valence electrons. The number of nitrogens with zero attached hydrogens (tertiary/aromatic N) is 2. The van der Waals surface area contributed by atoms with Crippen LogP contribution in [0.2, 0.25) is 0 Å². The minimum absolute atomic E-state index is 1.26. The van der Waals surface area contributed by atoms with Crippen molar-refractivity contribution < 1.29 is 4.57 Å². The largest absolute Gasteiger partial charge is 0.307 e. The van der Waals surface area contributed by atoms with Gasteiger partial charge in [-0.25, -0.2) is 4.57 Å². The molecule has 0 saturated carbocycles. The van der Waals surface area contributed by atoms with Crippen molar-refractivity contribution in [2.45, 2.75) is 13.8 Å². The standard InChI is InChI=1S/C30H23N2/c1-18-8-11-20(12-9-18)22-16-21-14-15-31(3)30-27-19(2)10-13-24-23-6-4-5-7-25(23)32(29(24)27)26(17-22)28(21)30/h4-17H,1-3H3/q+1. The maximum Gasteiger partial charge on any atom is 0.224 e. The van der Waals surface area contributed by atoms with Gasteiger partial charge in [-0.15, -0.1) is 0 Å². The van der Waals surface area contributed by atoms with E-state index in [4.69, 9.17) is 0 Å². The molecule has 0 unspecified atom stereocenters. The number of fused-ring (bicyclic) bond motifs is 5. The van der Waals surface area contributed by atoms with E-state index in [1.165, 1.54) is 71.3 Å². The molecule has 7 aromatic rings. The minimum atomic E-state index is 1.26. The van der Waals surface area contributed by atoms with Crippen molar-refractivity contribution in [3.63, 3.8) is 0 Å². The third kappa shape index (κ3) is 2.17. The third-order valence-corrected chi connectivity index (χ3v) is 7.12. The van der Waals surface area contributed by atoms with Gasteiger partial charge in [-0.3, -0.25) is 0 Å². The average Bonchev–Trinajstić information content (AvgIpc) is 3.15. The van der Waals surface area contributed by atoms with Crippen LogP contribution in [0.1, 0.15) is 11.1 Å². The molecule has 0 spiro atoms. The molecule has 7 rings (SSSR count). The summed E-state index contributed by atoms with van der Waals surface area (Å²) < 4.78 is 4.79. The van der Waals surface area contributed by atoms with Gasteiger partial charge in [0.1, 0.15) is 7.05 Å². The van der Waals surface area contributed by atoms with Crippen molar-refractivity contribution in [3.05, 3.63) is 96.2 Å². The van der Waals surface area contributed by atoms with E-state index in [0.717, 1.165) is 0 Å². The summed E-state index contributed by atoms with van der Waals surface area (Å²) in [6, 6.07) is 29.2. The van der Waals surface area contributed by atoms with Crippen molar-refractivity contribution in [2.24, 2.45) is 7.05 Å². The molecule has 0 aliphatic rings. The first-order valence-electron chi connectivity index (χ1n) is 11.2. The molecule has 32 heavy (non-hydrogen) atoms. The van der Waals surface area contributed by atoms with E-state index in [9.17, 15) is 0 Å². The Labute approximate surface area is 186 Å². The van der Waals surface area contributed by atoms with E-state index in [1.807, 2.05) is 0 Å². The molecule has 0 saturated heterocycles. The fraction of sp³-hybridized carbons (Fsp3) is 0.100. The predicted molar refractivity (Wildman–Crippen MR) is 135 cm³/mol. The Morgan fingerprint density at radius 1 is 0.688 bits per heavy atom. The molecule has 4 aromatic carbocycles. The van der Waals surface area contributed by atoms with Crippen LogP contribution in [0.15, 0.2) is 85.1 Å². The average molecular weight is 412 g/mol. The van der Waals surface area contributed by atoms with Crippen LogP contribution in [0, 0.1) is 13.8 Å². The molecule has 2 nitrogen and oxygen atoms in total. The lowest BCUT2D eigenvalue weighted by Gasteiger charge is -2.14. The Kier molecular flexibility index (Phi) is 3.37. The number of hydrogen-bond donors (Lipinski definition) is 0. The summed E-state index contributed by atoms with van der Waals surface area (Å²) in [5.74, 6) is 0. The van der Waals surface area contributed by atoms with E-state index in [1.54, 1.807) is 0 Å². The van der Waals surface area contributed by atoms with Gasteiger partial charge in [0.25, 0.3) is 0 Å². The summed E-state index contributed by atoms with van der Waals surface area (Å²) in [6.45, 7) is 4.38. The maximum atomic E-state index is 2.50. The number of aromatic nitrogens is 2. The highest BCUT2D eigenvalue weighted by Gasteiger charge is 2.24. The molecule has 0 amide bonds. The normalized spacial score (nSPS) is 12.2. The highest BCUT2D eigenvalue weighted by Crippen LogP contribution is 2.41. The van der Waals surface area contributed by atoms with Crippen LogP contribution in [0.5, 0.6) is 0 Å². The van der Waals surface area contributed by atoms with Crippen LogP contribution in [-0.4, -0.2) is 4.40 Å². The number of rotatable bonds is 1. The third-order valence-electron chi connectivity index (χ3n) is 7.12. The Hall–Kier alpha value is -3.91. The van der Waals surface area contributed by atoms with E-state index in [-0.39, 0.29) is 0 Å². The van der Waals surface area contributed by atoms with E-state index in [2.05, 4.69) is 115 Å². The van der Waals surface area contributed by atoms with E-state index >= 15 is 0 Å². The number of aryl methyl sites for hydroxylation is 3. The summed E-state index contributed by atoms with van der Waals surface area (Å²) in [5.41, 5.74) is 10.3. The lowest BCUT2D eigenvalue weighted by atomic mass is 9.96. The summed E-state index contributed by atoms with van der Waals surface area (Å²) >= 11 is 0. The Morgan fingerprint density at radius 2 is 1.50 bits per heavy atom. The number of para-hydroxylation sites is 1. The molecule has 0 fully saturated rings. The molecule has 0 radical (unpaired) electrons. The first kappa shape index (κ1) is 17.7. The van der Waals surface area contributed by atoms with Crippen LogP contribution in [0.25, 0.3) is 60.1 Å². The van der Waals surface area contributed by atoms with Gasteiger partial charge < -0.3 is 4.40 Å². The number of pyridine rings is 2. The van der Waals surface area contributed by atoms with Crippen molar-refractivity contribution in [3.8, 4) is 11.1 Å². The van der Waals surface area contributed by atoms with Gasteiger partial charge in [0.2, 0.25) is 5.52 Å². The maximum absolute atomic E-state index is 2.50. The molecule has 0 N–H and O–H groups in total. The Bertz CT molecular complexity index is 1840. The monoisotopic (exact) mass is 411 g/mol. The summed E-state index contributed by atoms with van der Waals surface area (Å²) in [7, 11) is 2.17. The highest BCUT2D eigenvalue weighted by atomic mass is 15.0. The van der Waals surface area contributed by atoms with Gasteiger partial charge in [-0.1, -0.05) is 60.2 Å². The zero-order valence-electron chi connectivity index (χ0n) is 18.5. The molecule has 2 heteroatoms. The summed E-state index contributed by atoms with van der Waals surface area (Å²) in [4.78, 5) is 0. The highest BCUT2D eigenvalue weighted by molar-refractivity contribution is 6.26. The van der Waals surface area contributed by atoms with Gasteiger partial charge in [0.05, 0.1) is 27.3 Å². The van der Waals surface area contributed by atoms with Crippen molar-refractivity contribution in [2.75, 3.05) is 0 Å². The molecule has 3 aromatic heterocycles. The lowest BCUT2D eigenvalue weighted by Crippen LogP contribution is -2.28. The van der Waals surface area contributed by atoms with Crippen molar-refractivity contribution >= 4 is 49.0 Å². The second-order valence-corrected chi connectivity index (χ2v) is 9.11. The van der Waals surface area contributed by atoms with Crippen LogP contribution < -0.4 is 4.57 Å². The fourth-order valence-corrected chi connectivity index (χ4v) is 5.58. The van der Waals surface area contributed by atoms with Crippen molar-refractivity contribution in [1.82, 2.24) is 4.40 Å². The van der Waals surface area contributed by atoms with Crippen LogP contribution in [-0.2, 0) is 7.05 Å². The van der Waals surface area contributed by atoms with Gasteiger partial charge in [-0.05, 0) is 54.1 Å². The quantitative estimate of drug-likeness (QED) is 0.155. The van der Waals surface area contributed by atoms with Gasteiger partial charge in [0, 0.05) is 16.8 Å². The molecular formula is C30H23N2+. The zero-order chi connectivity index (χ0) is 21.6. The lowest BCUT2D eigenvalue weighted by molar-refractivity contribution is -0.643. The van der Waals surface area contributed by atoms with Crippen LogP contribution >= 0.6 is 0 Å². The Morgan fingerprint density at radius 3 is 2.34 bits per heavy atom. The second kappa shape index (κ2) is 6.08. The summed E-state index contributed by atoms with van der Waals surface area (Å²) in [6.07, 6.45) is 2.21. The number of benzene rings is 4. The van der Waals surface area contributed by atoms with Crippen LogP contribution in [0.4, 0.5) is 0 Å². The zero-order valence-corrected chi connectivity index (χ0v) is 18.5. The molecule has 0 atom stereocenters. The Balaban J connectivity index is 1.82. The molecule has 0 aliphatic carbocycles. The van der Waals surface area contributed by atoms with Crippen LogP contribution in [0.3, 0.4) is 0 Å². The van der Waals surface area contributed by atoms with E-state index in [0.29, 0.717) is 0 Å². The van der Waals surface area contributed by atoms with Crippen molar-refractivity contribution in [1.29, 1.82) is 0 Å². The molecular weight excluding hydrogens is 388 g/mol. The van der Waals surface area contributed by atoms with Gasteiger partial charge in [-0.2, -0.15) is 0 Å². The predicted octanol–water partition coefficient (Wildman–Crippen LogP) is 7.10. The van der Waals surface area contributed by atoms with Gasteiger partial charge >= 0.3 is 0 Å². The molecule has 0 aliphatic heterocycles. The first-order chi connectivity index (χ1) is 15.6. The first-order valence-corrected chi connectivity index (χ1v) is 11.2. The fourth-order valence-electron chi connectivity index (χ4n) is 5.58. The smallest absolute Gasteiger partial charge is 0.224 e.